The fourth-order valence-corrected chi connectivity index (χ4v) is 2.94. The van der Waals surface area contributed by atoms with Crippen LogP contribution in [0.1, 0.15) is 30.1 Å². The Bertz CT molecular complexity index is 554. The highest BCUT2D eigenvalue weighted by molar-refractivity contribution is 9.10. The molecule has 1 fully saturated rings. The van der Waals surface area contributed by atoms with Crippen molar-refractivity contribution in [1.29, 1.82) is 0 Å². The van der Waals surface area contributed by atoms with E-state index in [1.165, 1.54) is 12.1 Å². The molecule has 1 aromatic carbocycles. The summed E-state index contributed by atoms with van der Waals surface area (Å²) in [5.41, 5.74) is 0.208. The molecule has 0 aromatic heterocycles. The van der Waals surface area contributed by atoms with Gasteiger partial charge in [-0.05, 0) is 53.7 Å². The maximum atomic E-state index is 12.4. The quantitative estimate of drug-likeness (QED) is 0.666. The fourth-order valence-electron chi connectivity index (χ4n) is 2.55. The summed E-state index contributed by atoms with van der Waals surface area (Å²) in [4.78, 5) is 24.5. The standard InChI is InChI=1S/C14H17BrN2O4/c1-9(18)10-4-6-16(7-5-10)14(19)11-2-3-12(15)13(8-11)17(20)21/h2-3,8-10,18H,4-7H2,1H3. The highest BCUT2D eigenvalue weighted by Gasteiger charge is 2.27. The van der Waals surface area contributed by atoms with E-state index in [-0.39, 0.29) is 23.6 Å². The lowest BCUT2D eigenvalue weighted by Gasteiger charge is -2.33. The van der Waals surface area contributed by atoms with Crippen molar-refractivity contribution in [3.63, 3.8) is 0 Å². The summed E-state index contributed by atoms with van der Waals surface area (Å²) in [6, 6.07) is 4.40. The molecule has 1 amide bonds. The molecule has 1 N–H and O–H groups in total. The highest BCUT2D eigenvalue weighted by atomic mass is 79.9. The van der Waals surface area contributed by atoms with Gasteiger partial charge < -0.3 is 10.0 Å². The number of nitrogens with zero attached hydrogens (tertiary/aromatic N) is 2. The Morgan fingerprint density at radius 1 is 1.48 bits per heavy atom. The number of likely N-dealkylation sites (tertiary alicyclic amines) is 1. The Morgan fingerprint density at radius 2 is 2.10 bits per heavy atom. The maximum absolute atomic E-state index is 12.4. The maximum Gasteiger partial charge on any atom is 0.284 e. The molecule has 7 heteroatoms. The van der Waals surface area contributed by atoms with Gasteiger partial charge in [-0.15, -0.1) is 0 Å². The Morgan fingerprint density at radius 3 is 2.62 bits per heavy atom. The zero-order valence-corrected chi connectivity index (χ0v) is 13.2. The molecule has 0 radical (unpaired) electrons. The minimum atomic E-state index is -0.513. The zero-order valence-electron chi connectivity index (χ0n) is 11.7. The summed E-state index contributed by atoms with van der Waals surface area (Å²) in [5.74, 6) is 0.0166. The van der Waals surface area contributed by atoms with E-state index in [1.54, 1.807) is 17.9 Å². The monoisotopic (exact) mass is 356 g/mol. The second-order valence-corrected chi connectivity index (χ2v) is 6.15. The van der Waals surface area contributed by atoms with Crippen molar-refractivity contribution < 1.29 is 14.8 Å². The number of benzene rings is 1. The number of halogens is 1. The Kier molecular flexibility index (Phi) is 4.95. The summed E-state index contributed by atoms with van der Waals surface area (Å²) in [6.07, 6.45) is 1.14. The predicted molar refractivity (Wildman–Crippen MR) is 81.1 cm³/mol. The van der Waals surface area contributed by atoms with Crippen molar-refractivity contribution in [2.45, 2.75) is 25.9 Å². The van der Waals surface area contributed by atoms with Crippen molar-refractivity contribution in [2.75, 3.05) is 13.1 Å². The normalized spacial score (nSPS) is 17.6. The largest absolute Gasteiger partial charge is 0.393 e. The number of amides is 1. The summed E-state index contributed by atoms with van der Waals surface area (Å²) in [6.45, 7) is 2.90. The molecule has 0 saturated carbocycles. The molecular formula is C14H17BrN2O4. The number of piperidine rings is 1. The van der Waals surface area contributed by atoms with Gasteiger partial charge >= 0.3 is 0 Å². The molecule has 0 aliphatic carbocycles. The number of carbonyl (C=O) groups is 1. The highest BCUT2D eigenvalue weighted by Crippen LogP contribution is 2.27. The molecule has 1 heterocycles. The summed E-state index contributed by atoms with van der Waals surface area (Å²) in [7, 11) is 0. The molecule has 1 aliphatic heterocycles. The van der Waals surface area contributed by atoms with Gasteiger partial charge in [0.2, 0.25) is 0 Å². The van der Waals surface area contributed by atoms with Gasteiger partial charge in [0.15, 0.2) is 0 Å². The molecule has 6 nitrogen and oxygen atoms in total. The second-order valence-electron chi connectivity index (χ2n) is 5.29. The van der Waals surface area contributed by atoms with Gasteiger partial charge in [-0.25, -0.2) is 0 Å². The number of aliphatic hydroxyl groups excluding tert-OH is 1. The zero-order chi connectivity index (χ0) is 15.6. The summed E-state index contributed by atoms with van der Waals surface area (Å²) < 4.78 is 0.358. The predicted octanol–water partition coefficient (Wildman–Crippen LogP) is 2.59. The third kappa shape index (κ3) is 3.59. The number of hydrogen-bond donors (Lipinski definition) is 1. The van der Waals surface area contributed by atoms with Gasteiger partial charge in [0, 0.05) is 24.7 Å². The first-order valence-electron chi connectivity index (χ1n) is 6.81. The minimum absolute atomic E-state index is 0.111. The lowest BCUT2D eigenvalue weighted by molar-refractivity contribution is -0.385. The van der Waals surface area contributed by atoms with Gasteiger partial charge in [-0.1, -0.05) is 0 Å². The smallest absolute Gasteiger partial charge is 0.284 e. The molecule has 1 aliphatic rings. The number of nitro groups is 1. The molecule has 1 atom stereocenters. The van der Waals surface area contributed by atoms with Gasteiger partial charge in [0.05, 0.1) is 15.5 Å². The Hall–Kier alpha value is -1.47. The lowest BCUT2D eigenvalue weighted by atomic mass is 9.92. The molecule has 0 spiro atoms. The second kappa shape index (κ2) is 6.53. The first-order valence-corrected chi connectivity index (χ1v) is 7.60. The van der Waals surface area contributed by atoms with E-state index in [0.29, 0.717) is 23.1 Å². The average Bonchev–Trinajstić information content (AvgIpc) is 2.46. The van der Waals surface area contributed by atoms with Crippen LogP contribution in [0, 0.1) is 16.0 Å². The number of aliphatic hydroxyl groups is 1. The third-order valence-corrected chi connectivity index (χ3v) is 4.57. The van der Waals surface area contributed by atoms with E-state index in [4.69, 9.17) is 0 Å². The number of rotatable bonds is 3. The van der Waals surface area contributed by atoms with Gasteiger partial charge in [-0.3, -0.25) is 14.9 Å². The van der Waals surface area contributed by atoms with Gasteiger partial charge in [-0.2, -0.15) is 0 Å². The lowest BCUT2D eigenvalue weighted by Crippen LogP contribution is -2.40. The van der Waals surface area contributed by atoms with Crippen LogP contribution in [0.3, 0.4) is 0 Å². The van der Waals surface area contributed by atoms with Crippen LogP contribution in [0.15, 0.2) is 22.7 Å². The third-order valence-electron chi connectivity index (χ3n) is 3.90. The van der Waals surface area contributed by atoms with Crippen LogP contribution >= 0.6 is 15.9 Å². The average molecular weight is 357 g/mol. The Labute approximate surface area is 131 Å². The molecule has 1 aromatic rings. The van der Waals surface area contributed by atoms with Gasteiger partial charge in [0.1, 0.15) is 0 Å². The van der Waals surface area contributed by atoms with Crippen molar-refractivity contribution in [2.24, 2.45) is 5.92 Å². The van der Waals surface area contributed by atoms with Crippen LogP contribution in [-0.2, 0) is 0 Å². The molecule has 1 unspecified atom stereocenters. The molecular weight excluding hydrogens is 340 g/mol. The molecule has 0 bridgehead atoms. The molecule has 114 valence electrons. The van der Waals surface area contributed by atoms with Crippen LogP contribution in [-0.4, -0.2) is 40.0 Å². The molecule has 2 rings (SSSR count). The van der Waals surface area contributed by atoms with E-state index in [1.807, 2.05) is 0 Å². The van der Waals surface area contributed by atoms with Crippen molar-refractivity contribution in [3.05, 3.63) is 38.3 Å². The van der Waals surface area contributed by atoms with Crippen LogP contribution < -0.4 is 0 Å². The fraction of sp³-hybridized carbons (Fsp3) is 0.500. The van der Waals surface area contributed by atoms with Crippen LogP contribution in [0.4, 0.5) is 5.69 Å². The topological polar surface area (TPSA) is 83.7 Å². The first-order chi connectivity index (χ1) is 9.90. The van der Waals surface area contributed by atoms with Crippen LogP contribution in [0.2, 0.25) is 0 Å². The van der Waals surface area contributed by atoms with E-state index in [0.717, 1.165) is 12.8 Å². The minimum Gasteiger partial charge on any atom is -0.393 e. The van der Waals surface area contributed by atoms with Crippen molar-refractivity contribution in [3.8, 4) is 0 Å². The van der Waals surface area contributed by atoms with Crippen molar-refractivity contribution in [1.82, 2.24) is 4.90 Å². The van der Waals surface area contributed by atoms with E-state index in [2.05, 4.69) is 15.9 Å². The van der Waals surface area contributed by atoms with Crippen LogP contribution in [0.5, 0.6) is 0 Å². The molecule has 1 saturated heterocycles. The van der Waals surface area contributed by atoms with Crippen molar-refractivity contribution >= 4 is 27.5 Å². The van der Waals surface area contributed by atoms with E-state index >= 15 is 0 Å². The number of nitro benzene ring substituents is 1. The SMILES string of the molecule is CC(O)C1CCN(C(=O)c2ccc(Br)c([N+](=O)[O-])c2)CC1. The van der Waals surface area contributed by atoms with Crippen LogP contribution in [0.25, 0.3) is 0 Å². The first kappa shape index (κ1) is 15.9. The van der Waals surface area contributed by atoms with E-state index in [9.17, 15) is 20.0 Å². The summed E-state index contributed by atoms with van der Waals surface area (Å²) >= 11 is 3.11. The summed E-state index contributed by atoms with van der Waals surface area (Å²) in [5, 5.41) is 20.5. The Balaban J connectivity index is 2.11. The number of carbonyl (C=O) groups excluding carboxylic acids is 1. The van der Waals surface area contributed by atoms with E-state index < -0.39 is 4.92 Å². The number of hydrogen-bond acceptors (Lipinski definition) is 4. The molecule has 21 heavy (non-hydrogen) atoms. The van der Waals surface area contributed by atoms with Gasteiger partial charge in [0.25, 0.3) is 11.6 Å².